The number of fused-ring (bicyclic) bond motifs is 5. The van der Waals surface area contributed by atoms with Gasteiger partial charge in [-0.25, -0.2) is 4.79 Å². The molecule has 55 heavy (non-hydrogen) atoms. The van der Waals surface area contributed by atoms with Gasteiger partial charge in [0.1, 0.15) is 66.3 Å². The molecule has 3 aliphatic heterocycles. The Morgan fingerprint density at radius 2 is 1.51 bits per heavy atom. The van der Waals surface area contributed by atoms with Gasteiger partial charge in [0.15, 0.2) is 12.6 Å². The Morgan fingerprint density at radius 1 is 0.855 bits per heavy atom. The van der Waals surface area contributed by atoms with E-state index in [9.17, 15) is 50.4 Å². The number of allylic oxidation sites excluding steroid dienone is 3. The minimum Gasteiger partial charge on any atom is -0.456 e. The molecule has 18 atom stereocenters. The van der Waals surface area contributed by atoms with Gasteiger partial charge in [-0.1, -0.05) is 35.8 Å². The molecule has 0 aromatic carbocycles. The van der Waals surface area contributed by atoms with Crippen molar-refractivity contribution in [1.82, 2.24) is 0 Å². The Labute approximate surface area is 320 Å². The van der Waals surface area contributed by atoms with Crippen molar-refractivity contribution >= 4 is 11.8 Å². The van der Waals surface area contributed by atoms with Gasteiger partial charge in [-0.3, -0.25) is 4.79 Å². The average molecular weight is 779 g/mol. The van der Waals surface area contributed by atoms with E-state index in [0.29, 0.717) is 31.3 Å². The first-order valence-corrected chi connectivity index (χ1v) is 19.6. The van der Waals surface area contributed by atoms with E-state index in [4.69, 9.17) is 23.7 Å². The largest absolute Gasteiger partial charge is 0.456 e. The smallest absolute Gasteiger partial charge is 0.334 e. The van der Waals surface area contributed by atoms with Gasteiger partial charge in [-0.2, -0.15) is 0 Å². The second kappa shape index (κ2) is 14.9. The fourth-order valence-electron chi connectivity index (χ4n) is 11.0. The lowest BCUT2D eigenvalue weighted by Crippen LogP contribution is -2.62. The van der Waals surface area contributed by atoms with Crippen LogP contribution < -0.4 is 0 Å². The second-order valence-electron chi connectivity index (χ2n) is 17.6. The Bertz CT molecular complexity index is 1600. The summed E-state index contributed by atoms with van der Waals surface area (Å²) in [6.45, 7) is 8.52. The van der Waals surface area contributed by atoms with Crippen LogP contribution in [0.4, 0.5) is 0 Å². The molecule has 0 radical (unpaired) electrons. The molecule has 4 fully saturated rings. The summed E-state index contributed by atoms with van der Waals surface area (Å²) in [5.41, 5.74) is 1.36. The predicted octanol–water partition coefficient (Wildman–Crippen LogP) is 0.0767. The fraction of sp³-hybridized carbons (Fsp3) is 0.800. The number of cyclic esters (lactones) is 1. The van der Waals surface area contributed by atoms with Crippen LogP contribution >= 0.6 is 0 Å². The number of hydrogen-bond acceptors (Lipinski definition) is 15. The van der Waals surface area contributed by atoms with Crippen LogP contribution in [0.15, 0.2) is 34.4 Å². The molecule has 7 rings (SSSR count). The van der Waals surface area contributed by atoms with Gasteiger partial charge in [0.05, 0.1) is 24.7 Å². The number of carbonyl (C=O) groups is 2. The lowest BCUT2D eigenvalue weighted by atomic mass is 9.47. The Morgan fingerprint density at radius 3 is 2.18 bits per heavy atom. The quantitative estimate of drug-likeness (QED) is 0.120. The second-order valence-corrected chi connectivity index (χ2v) is 17.6. The highest BCUT2D eigenvalue weighted by Crippen LogP contribution is 2.65. The molecule has 0 bridgehead atoms. The standard InChI is InChI=1S/C40H58O15/c1-17-12-28(55-35(49)18(17)2)40(5,50)26-9-8-22-21-7-6-19-13-20(14-27(42)39(19,4)23(21)10-11-38(22,26)3)52-37-34(48)32(46)30(44)25(54-37)16-51-36-33(47)31(45)29(43)24(15-41)53-36/h6,8,20-21,23-26,28-34,36-37,41,43-48,50H,7,9-16H2,1-5H3/t20-,21+,23-,24-,25+,26+,28-,29+,30+,31+,32-,33+,34+,36-,37+,38-,39-,40+/m1/s1. The Balaban J connectivity index is 1.02. The number of esters is 1. The van der Waals surface area contributed by atoms with E-state index >= 15 is 0 Å². The van der Waals surface area contributed by atoms with Crippen LogP contribution in [0.3, 0.4) is 0 Å². The predicted molar refractivity (Wildman–Crippen MR) is 190 cm³/mol. The van der Waals surface area contributed by atoms with E-state index in [-0.39, 0.29) is 41.3 Å². The van der Waals surface area contributed by atoms with Crippen LogP contribution in [0.25, 0.3) is 0 Å². The molecule has 8 N–H and O–H groups in total. The molecule has 0 amide bonds. The Hall–Kier alpha value is -2.12. The van der Waals surface area contributed by atoms with Crippen LogP contribution in [0.1, 0.15) is 79.6 Å². The molecule has 0 spiro atoms. The Kier molecular flexibility index (Phi) is 11.1. The number of carbonyl (C=O) groups excluding carboxylic acids is 2. The zero-order valence-electron chi connectivity index (χ0n) is 32.1. The lowest BCUT2D eigenvalue weighted by molar-refractivity contribution is -0.336. The molecule has 3 heterocycles. The summed E-state index contributed by atoms with van der Waals surface area (Å²) in [5, 5.41) is 84.3. The minimum atomic E-state index is -1.71. The van der Waals surface area contributed by atoms with Gasteiger partial charge in [0.25, 0.3) is 0 Å². The summed E-state index contributed by atoms with van der Waals surface area (Å²) in [6, 6.07) is 0. The molecule has 2 saturated heterocycles. The third-order valence-corrected chi connectivity index (χ3v) is 14.6. The summed E-state index contributed by atoms with van der Waals surface area (Å²) in [4.78, 5) is 26.9. The summed E-state index contributed by atoms with van der Waals surface area (Å²) >= 11 is 0. The summed E-state index contributed by atoms with van der Waals surface area (Å²) in [6.07, 6.45) is -8.63. The molecular formula is C40H58O15. The number of Topliss-reactive ketones (excluding diaryl/α,β-unsaturated/α-hetero) is 1. The monoisotopic (exact) mass is 778 g/mol. The third-order valence-electron chi connectivity index (χ3n) is 14.6. The van der Waals surface area contributed by atoms with E-state index in [1.165, 1.54) is 5.57 Å². The van der Waals surface area contributed by atoms with Crippen LogP contribution in [0, 0.1) is 28.6 Å². The van der Waals surface area contributed by atoms with E-state index < -0.39 is 97.8 Å². The summed E-state index contributed by atoms with van der Waals surface area (Å²) in [5.74, 6) is -0.432. The molecule has 15 nitrogen and oxygen atoms in total. The van der Waals surface area contributed by atoms with Crippen molar-refractivity contribution in [2.45, 2.75) is 159 Å². The van der Waals surface area contributed by atoms with E-state index in [1.54, 1.807) is 13.8 Å². The molecular weight excluding hydrogens is 720 g/mol. The van der Waals surface area contributed by atoms with Crippen molar-refractivity contribution < 1.29 is 74.1 Å². The van der Waals surface area contributed by atoms with Gasteiger partial charge in [-0.05, 0) is 77.0 Å². The highest BCUT2D eigenvalue weighted by Gasteiger charge is 2.62. The van der Waals surface area contributed by atoms with Gasteiger partial charge < -0.3 is 64.5 Å². The number of hydrogen-bond donors (Lipinski definition) is 8. The number of ketones is 1. The SMILES string of the molecule is CC1=C(C)C(=O)O[C@@H]([C@@](C)(O)[C@H]2CC=C3[C@@H]4CC=C5C[C@@H](O[C@H]6O[C@@H](CO[C@@H]7O[C@H](CO)[C@H](O)[C@H](O)[C@@H]7O)[C@H](O)[C@@H](O)[C@@H]6O)CC(=O)[C@@]5(C)[C@@H]4CC[C@]32C)C1. The van der Waals surface area contributed by atoms with Crippen molar-refractivity contribution in [3.05, 3.63) is 34.4 Å². The number of aliphatic hydroxyl groups excluding tert-OH is 7. The first-order chi connectivity index (χ1) is 25.8. The normalized spacial score (nSPS) is 48.6. The van der Waals surface area contributed by atoms with Gasteiger partial charge in [0.2, 0.25) is 0 Å². The van der Waals surface area contributed by atoms with Gasteiger partial charge >= 0.3 is 5.97 Å². The van der Waals surface area contributed by atoms with Crippen LogP contribution in [-0.4, -0.2) is 145 Å². The first kappa shape index (κ1) is 41.1. The molecule has 15 heteroatoms. The molecule has 0 aromatic heterocycles. The minimum absolute atomic E-state index is 0.00409. The van der Waals surface area contributed by atoms with Crippen LogP contribution in [0.2, 0.25) is 0 Å². The number of rotatable bonds is 8. The lowest BCUT2D eigenvalue weighted by Gasteiger charge is -2.57. The van der Waals surface area contributed by atoms with E-state index in [2.05, 4.69) is 19.1 Å². The molecule has 7 aliphatic rings. The molecule has 2 saturated carbocycles. The first-order valence-electron chi connectivity index (χ1n) is 19.6. The molecule has 0 unspecified atom stereocenters. The zero-order chi connectivity index (χ0) is 39.9. The van der Waals surface area contributed by atoms with Crippen molar-refractivity contribution in [3.63, 3.8) is 0 Å². The molecule has 4 aliphatic carbocycles. The highest BCUT2D eigenvalue weighted by molar-refractivity contribution is 5.90. The van der Waals surface area contributed by atoms with E-state index in [0.717, 1.165) is 24.0 Å². The van der Waals surface area contributed by atoms with E-state index in [1.807, 2.05) is 13.8 Å². The number of aliphatic hydroxyl groups is 8. The van der Waals surface area contributed by atoms with Crippen LogP contribution in [-0.2, 0) is 33.3 Å². The summed E-state index contributed by atoms with van der Waals surface area (Å²) in [7, 11) is 0. The maximum Gasteiger partial charge on any atom is 0.334 e. The number of ether oxygens (including phenoxy) is 5. The average Bonchev–Trinajstić information content (AvgIpc) is 3.51. The van der Waals surface area contributed by atoms with Crippen molar-refractivity contribution in [2.75, 3.05) is 13.2 Å². The zero-order valence-corrected chi connectivity index (χ0v) is 32.1. The van der Waals surface area contributed by atoms with Crippen molar-refractivity contribution in [3.8, 4) is 0 Å². The van der Waals surface area contributed by atoms with Gasteiger partial charge in [-0.15, -0.1) is 0 Å². The van der Waals surface area contributed by atoms with Gasteiger partial charge in [0, 0.05) is 24.3 Å². The topological polar surface area (TPSA) is 242 Å². The third kappa shape index (κ3) is 6.69. The summed E-state index contributed by atoms with van der Waals surface area (Å²) < 4.78 is 28.7. The maximum absolute atomic E-state index is 14.3. The molecule has 308 valence electrons. The highest BCUT2D eigenvalue weighted by atomic mass is 16.7. The molecule has 0 aromatic rings. The maximum atomic E-state index is 14.3. The van der Waals surface area contributed by atoms with Crippen molar-refractivity contribution in [1.29, 1.82) is 0 Å². The van der Waals surface area contributed by atoms with Crippen molar-refractivity contribution in [2.24, 2.45) is 28.6 Å². The van der Waals surface area contributed by atoms with Crippen LogP contribution in [0.5, 0.6) is 0 Å². The fourth-order valence-corrected chi connectivity index (χ4v) is 11.0.